The van der Waals surface area contributed by atoms with Crippen molar-refractivity contribution in [2.75, 3.05) is 13.2 Å². The number of hydrogen-bond acceptors (Lipinski definition) is 3. The van der Waals surface area contributed by atoms with Crippen LogP contribution in [0.5, 0.6) is 0 Å². The third-order valence-electron chi connectivity index (χ3n) is 2.18. The molecular formula is C11H22O3Si. The van der Waals surface area contributed by atoms with Crippen molar-refractivity contribution in [3.05, 3.63) is 12.7 Å². The van der Waals surface area contributed by atoms with Crippen LogP contribution in [-0.4, -0.2) is 34.4 Å². The molecule has 0 aliphatic rings. The van der Waals surface area contributed by atoms with Crippen molar-refractivity contribution >= 4 is 15.5 Å². The van der Waals surface area contributed by atoms with Gasteiger partial charge in [-0.15, -0.1) is 0 Å². The fraction of sp³-hybridized carbons (Fsp3) is 0.727. The lowest BCUT2D eigenvalue weighted by Gasteiger charge is -2.18. The summed E-state index contributed by atoms with van der Waals surface area (Å²) in [7, 11) is -0.439. The molecule has 0 aromatic carbocycles. The van der Waals surface area contributed by atoms with Crippen LogP contribution < -0.4 is 0 Å². The molecule has 0 aromatic heterocycles. The highest BCUT2D eigenvalue weighted by molar-refractivity contribution is 6.39. The lowest BCUT2D eigenvalue weighted by molar-refractivity contribution is -0.139. The minimum absolute atomic E-state index is 0.117. The largest absolute Gasteiger partial charge is 0.464 e. The molecule has 0 bridgehead atoms. The summed E-state index contributed by atoms with van der Waals surface area (Å²) in [5, 5.41) is 0. The highest BCUT2D eigenvalue weighted by atomic mass is 28.2. The second-order valence-corrected chi connectivity index (χ2v) is 6.45. The van der Waals surface area contributed by atoms with E-state index in [0.717, 1.165) is 19.6 Å². The third kappa shape index (κ3) is 7.33. The molecule has 0 aliphatic heterocycles. The zero-order valence-corrected chi connectivity index (χ0v) is 11.4. The van der Waals surface area contributed by atoms with Crippen LogP contribution in [0.1, 0.15) is 27.2 Å². The fourth-order valence-electron chi connectivity index (χ4n) is 1.35. The summed E-state index contributed by atoms with van der Waals surface area (Å²) in [5.74, 6) is -0.307. The van der Waals surface area contributed by atoms with Crippen LogP contribution in [0.4, 0.5) is 0 Å². The van der Waals surface area contributed by atoms with E-state index in [9.17, 15) is 4.79 Å². The number of carbonyl (C=O) groups is 1. The zero-order chi connectivity index (χ0) is 11.7. The van der Waals surface area contributed by atoms with Crippen LogP contribution >= 0.6 is 0 Å². The molecule has 0 aliphatic carbocycles. The molecule has 0 spiro atoms. The van der Waals surface area contributed by atoms with Gasteiger partial charge in [-0.25, -0.2) is 4.79 Å². The maximum Gasteiger partial charge on any atom is 0.330 e. The minimum Gasteiger partial charge on any atom is -0.464 e. The maximum atomic E-state index is 11.0. The van der Waals surface area contributed by atoms with Crippen molar-refractivity contribution < 1.29 is 14.3 Å². The number of ether oxygens (including phenoxy) is 2. The predicted octanol–water partition coefficient (Wildman–Crippen LogP) is 1.47. The molecule has 2 atom stereocenters. The van der Waals surface area contributed by atoms with E-state index in [2.05, 4.69) is 13.5 Å². The Morgan fingerprint density at radius 2 is 2.20 bits per heavy atom. The summed E-state index contributed by atoms with van der Waals surface area (Å²) in [5.41, 5.74) is 0.665. The molecule has 15 heavy (non-hydrogen) atoms. The van der Waals surface area contributed by atoms with Crippen LogP contribution in [0.25, 0.3) is 0 Å². The van der Waals surface area contributed by atoms with Gasteiger partial charge in [-0.2, -0.15) is 0 Å². The molecule has 0 radical (unpaired) electrons. The van der Waals surface area contributed by atoms with E-state index >= 15 is 0 Å². The Balaban J connectivity index is 3.86. The number of rotatable bonds is 8. The van der Waals surface area contributed by atoms with Crippen molar-refractivity contribution in [1.82, 2.24) is 0 Å². The Hall–Kier alpha value is -0.613. The summed E-state index contributed by atoms with van der Waals surface area (Å²) < 4.78 is 10.6. The highest BCUT2D eigenvalue weighted by Gasteiger charge is 2.15. The highest BCUT2D eigenvalue weighted by Crippen LogP contribution is 2.09. The van der Waals surface area contributed by atoms with Gasteiger partial charge in [-0.05, 0) is 18.9 Å². The SMILES string of the molecule is C=CC(=O)OC(CC)[SiH2]C(C)COCC. The summed E-state index contributed by atoms with van der Waals surface area (Å²) in [4.78, 5) is 11.0. The molecule has 88 valence electrons. The van der Waals surface area contributed by atoms with Crippen LogP contribution in [-0.2, 0) is 14.3 Å². The average molecular weight is 230 g/mol. The fourth-order valence-corrected chi connectivity index (χ4v) is 3.14. The molecule has 0 saturated carbocycles. The Morgan fingerprint density at radius 3 is 2.67 bits per heavy atom. The van der Waals surface area contributed by atoms with E-state index in [0.29, 0.717) is 5.54 Å². The second-order valence-electron chi connectivity index (χ2n) is 3.67. The van der Waals surface area contributed by atoms with Crippen LogP contribution in [0.3, 0.4) is 0 Å². The smallest absolute Gasteiger partial charge is 0.330 e. The molecule has 0 N–H and O–H groups in total. The van der Waals surface area contributed by atoms with E-state index in [1.165, 1.54) is 6.08 Å². The van der Waals surface area contributed by atoms with Gasteiger partial charge in [-0.3, -0.25) is 0 Å². The van der Waals surface area contributed by atoms with Crippen molar-refractivity contribution in [2.24, 2.45) is 0 Å². The average Bonchev–Trinajstić information content (AvgIpc) is 2.25. The van der Waals surface area contributed by atoms with Crippen LogP contribution in [0.2, 0.25) is 5.54 Å². The van der Waals surface area contributed by atoms with Gasteiger partial charge in [0, 0.05) is 19.3 Å². The van der Waals surface area contributed by atoms with Crippen molar-refractivity contribution in [3.63, 3.8) is 0 Å². The lowest BCUT2D eigenvalue weighted by Crippen LogP contribution is -2.27. The first-order chi connectivity index (χ1) is 7.13. The van der Waals surface area contributed by atoms with Gasteiger partial charge in [0.05, 0.1) is 15.2 Å². The summed E-state index contributed by atoms with van der Waals surface area (Å²) in [6.07, 6.45) is 2.12. The van der Waals surface area contributed by atoms with E-state index in [-0.39, 0.29) is 11.7 Å². The summed E-state index contributed by atoms with van der Waals surface area (Å²) in [6, 6.07) is 0. The second kappa shape index (κ2) is 8.68. The van der Waals surface area contributed by atoms with Gasteiger partial charge in [0.2, 0.25) is 0 Å². The van der Waals surface area contributed by atoms with Crippen molar-refractivity contribution in [1.29, 1.82) is 0 Å². The molecule has 0 rings (SSSR count). The quantitative estimate of drug-likeness (QED) is 0.360. The lowest BCUT2D eigenvalue weighted by atomic mass is 10.5. The van der Waals surface area contributed by atoms with Crippen molar-refractivity contribution in [3.8, 4) is 0 Å². The number of hydrogen-bond donors (Lipinski definition) is 0. The van der Waals surface area contributed by atoms with Gasteiger partial charge in [0.15, 0.2) is 0 Å². The standard InChI is InChI=1S/C11H22O3Si/c1-5-10(12)14-11(6-2)15-9(4)8-13-7-3/h5,9,11H,1,6-8,15H2,2-4H3. The predicted molar refractivity (Wildman–Crippen MR) is 64.8 cm³/mol. The molecule has 0 saturated heterocycles. The molecule has 3 nitrogen and oxygen atoms in total. The summed E-state index contributed by atoms with van der Waals surface area (Å²) in [6.45, 7) is 11.1. The Labute approximate surface area is 94.7 Å². The van der Waals surface area contributed by atoms with E-state index in [1.807, 2.05) is 13.8 Å². The van der Waals surface area contributed by atoms with Crippen LogP contribution in [0.15, 0.2) is 12.7 Å². The minimum atomic E-state index is -0.439. The normalized spacial score (nSPS) is 15.1. The first-order valence-corrected chi connectivity index (χ1v) is 7.18. The monoisotopic (exact) mass is 230 g/mol. The molecule has 4 heteroatoms. The van der Waals surface area contributed by atoms with Crippen LogP contribution in [0, 0.1) is 0 Å². The Bertz CT molecular complexity index is 194. The third-order valence-corrected chi connectivity index (χ3v) is 4.49. The molecule has 2 unspecified atom stereocenters. The van der Waals surface area contributed by atoms with Gasteiger partial charge in [0.25, 0.3) is 0 Å². The van der Waals surface area contributed by atoms with Gasteiger partial charge < -0.3 is 9.47 Å². The van der Waals surface area contributed by atoms with E-state index < -0.39 is 9.52 Å². The van der Waals surface area contributed by atoms with Gasteiger partial charge in [0.1, 0.15) is 0 Å². The Kier molecular flexibility index (Phi) is 8.32. The number of esters is 1. The molecule has 0 amide bonds. The van der Waals surface area contributed by atoms with E-state index in [1.54, 1.807) is 0 Å². The first kappa shape index (κ1) is 14.4. The number of carbonyl (C=O) groups excluding carboxylic acids is 1. The zero-order valence-electron chi connectivity index (χ0n) is 9.99. The summed E-state index contributed by atoms with van der Waals surface area (Å²) >= 11 is 0. The molecular weight excluding hydrogens is 208 g/mol. The molecule has 0 heterocycles. The van der Waals surface area contributed by atoms with Crippen molar-refractivity contribution in [2.45, 2.75) is 38.5 Å². The topological polar surface area (TPSA) is 35.5 Å². The van der Waals surface area contributed by atoms with Gasteiger partial charge in [-0.1, -0.05) is 20.4 Å². The van der Waals surface area contributed by atoms with E-state index in [4.69, 9.17) is 9.47 Å². The maximum absolute atomic E-state index is 11.0. The molecule has 0 fully saturated rings. The Morgan fingerprint density at radius 1 is 1.53 bits per heavy atom. The van der Waals surface area contributed by atoms with Gasteiger partial charge >= 0.3 is 5.97 Å². The molecule has 0 aromatic rings. The first-order valence-electron chi connectivity index (χ1n) is 5.54.